The highest BCUT2D eigenvalue weighted by atomic mass is 32.2. The van der Waals surface area contributed by atoms with Crippen molar-refractivity contribution >= 4 is 15.7 Å². The Kier molecular flexibility index (Phi) is 5.42. The Morgan fingerprint density at radius 2 is 1.60 bits per heavy atom. The molecule has 0 saturated heterocycles. The lowest BCUT2D eigenvalue weighted by atomic mass is 9.53. The summed E-state index contributed by atoms with van der Waals surface area (Å²) in [4.78, 5) is 2.80. The summed E-state index contributed by atoms with van der Waals surface area (Å²) in [5.74, 6) is 4.20. The van der Waals surface area contributed by atoms with Gasteiger partial charge in [-0.05, 0) is 106 Å². The van der Waals surface area contributed by atoms with Gasteiger partial charge in [-0.2, -0.15) is 13.5 Å². The minimum absolute atomic E-state index is 0.0779. The Labute approximate surface area is 180 Å². The van der Waals surface area contributed by atoms with Crippen LogP contribution < -0.4 is 4.83 Å². The highest BCUT2D eigenvalue weighted by Crippen LogP contribution is 2.57. The number of aliphatic hydroxyl groups excluding tert-OH is 1. The van der Waals surface area contributed by atoms with Crippen LogP contribution in [0.1, 0.15) is 63.4 Å². The predicted octanol–water partition coefficient (Wildman–Crippen LogP) is 4.25. The number of hydrogen-bond donors (Lipinski definition) is 2. The van der Waals surface area contributed by atoms with Gasteiger partial charge in [0.2, 0.25) is 0 Å². The van der Waals surface area contributed by atoms with E-state index in [0.717, 1.165) is 67.1 Å². The number of fused-ring (bicyclic) bond motifs is 5. The van der Waals surface area contributed by atoms with E-state index in [0.29, 0.717) is 11.8 Å². The largest absolute Gasteiger partial charge is 0.393 e. The van der Waals surface area contributed by atoms with Crippen LogP contribution in [0.5, 0.6) is 0 Å². The molecule has 0 heterocycles. The van der Waals surface area contributed by atoms with Crippen molar-refractivity contribution in [2.24, 2.45) is 40.6 Å². The Morgan fingerprint density at radius 3 is 2.40 bits per heavy atom. The van der Waals surface area contributed by atoms with Crippen molar-refractivity contribution in [1.29, 1.82) is 0 Å². The van der Waals surface area contributed by atoms with Crippen LogP contribution in [-0.4, -0.2) is 25.3 Å². The van der Waals surface area contributed by atoms with Crippen LogP contribution in [0.4, 0.5) is 0 Å². The lowest BCUT2D eigenvalue weighted by Gasteiger charge is -2.52. The number of hydrazone groups is 1. The Morgan fingerprint density at radius 1 is 0.900 bits per heavy atom. The first-order valence-electron chi connectivity index (χ1n) is 11.8. The van der Waals surface area contributed by atoms with Gasteiger partial charge in [0.05, 0.1) is 11.0 Å². The first-order chi connectivity index (χ1) is 14.4. The minimum Gasteiger partial charge on any atom is -0.393 e. The van der Waals surface area contributed by atoms with Crippen LogP contribution >= 0.6 is 0 Å². The molecule has 0 amide bonds. The van der Waals surface area contributed by atoms with E-state index < -0.39 is 10.0 Å². The zero-order valence-corrected chi connectivity index (χ0v) is 18.7. The molecule has 6 heteroatoms. The third kappa shape index (κ3) is 3.70. The Bertz CT molecular complexity index is 911. The fourth-order valence-electron chi connectivity index (χ4n) is 7.30. The molecule has 0 aromatic heterocycles. The normalized spacial score (nSPS) is 39.8. The lowest BCUT2D eigenvalue weighted by Crippen LogP contribution is -2.45. The summed E-state index contributed by atoms with van der Waals surface area (Å²) >= 11 is 0. The Hall–Kier alpha value is -1.40. The SMILES string of the molecule is Cc1ccc(S(=O)(=O)N/N=C2\CCC3C2CCC2C4CCC(O)CC4CCC32)cc1. The molecular weight excluding hydrogens is 396 g/mol. The van der Waals surface area contributed by atoms with Crippen molar-refractivity contribution in [1.82, 2.24) is 4.83 Å². The molecule has 164 valence electrons. The van der Waals surface area contributed by atoms with Gasteiger partial charge in [-0.15, -0.1) is 0 Å². The van der Waals surface area contributed by atoms with E-state index in [1.165, 1.54) is 25.7 Å². The number of aryl methyl sites for hydroxylation is 1. The third-order valence-electron chi connectivity index (χ3n) is 8.66. The van der Waals surface area contributed by atoms with Gasteiger partial charge in [0, 0.05) is 11.6 Å². The summed E-state index contributed by atoms with van der Waals surface area (Å²) < 4.78 is 25.3. The molecule has 5 rings (SSSR count). The fourth-order valence-corrected chi connectivity index (χ4v) is 8.13. The molecule has 2 N–H and O–H groups in total. The first kappa shape index (κ1) is 20.5. The third-order valence-corrected chi connectivity index (χ3v) is 9.89. The molecular formula is C24H34N2O3S. The van der Waals surface area contributed by atoms with Gasteiger partial charge in [0.25, 0.3) is 10.0 Å². The van der Waals surface area contributed by atoms with Crippen LogP contribution in [-0.2, 0) is 10.0 Å². The summed E-state index contributed by atoms with van der Waals surface area (Å²) in [5, 5.41) is 14.5. The van der Waals surface area contributed by atoms with Gasteiger partial charge in [-0.3, -0.25) is 0 Å². The molecule has 4 aliphatic rings. The van der Waals surface area contributed by atoms with Crippen LogP contribution in [0, 0.1) is 42.4 Å². The zero-order valence-electron chi connectivity index (χ0n) is 17.8. The number of benzene rings is 1. The van der Waals surface area contributed by atoms with Crippen LogP contribution in [0.15, 0.2) is 34.3 Å². The molecule has 0 aliphatic heterocycles. The van der Waals surface area contributed by atoms with E-state index in [4.69, 9.17) is 0 Å². The van der Waals surface area contributed by atoms with Crippen molar-refractivity contribution in [3.05, 3.63) is 29.8 Å². The maximum Gasteiger partial charge on any atom is 0.276 e. The summed E-state index contributed by atoms with van der Waals surface area (Å²) in [7, 11) is -3.61. The summed E-state index contributed by atoms with van der Waals surface area (Å²) in [5.41, 5.74) is 2.10. The molecule has 7 unspecified atom stereocenters. The van der Waals surface area contributed by atoms with E-state index in [-0.39, 0.29) is 11.0 Å². The van der Waals surface area contributed by atoms with Crippen LogP contribution in [0.3, 0.4) is 0 Å². The molecule has 30 heavy (non-hydrogen) atoms. The molecule has 0 radical (unpaired) electrons. The number of nitrogens with zero attached hydrogens (tertiary/aromatic N) is 1. The van der Waals surface area contributed by atoms with E-state index >= 15 is 0 Å². The van der Waals surface area contributed by atoms with E-state index in [9.17, 15) is 13.5 Å². The lowest BCUT2D eigenvalue weighted by molar-refractivity contribution is -0.0411. The van der Waals surface area contributed by atoms with Crippen molar-refractivity contribution in [2.75, 3.05) is 0 Å². The van der Waals surface area contributed by atoms with Crippen molar-refractivity contribution < 1.29 is 13.5 Å². The molecule has 4 aliphatic carbocycles. The monoisotopic (exact) mass is 430 g/mol. The van der Waals surface area contributed by atoms with E-state index in [1.807, 2.05) is 19.1 Å². The zero-order chi connectivity index (χ0) is 20.9. The topological polar surface area (TPSA) is 78.8 Å². The molecule has 1 aromatic carbocycles. The van der Waals surface area contributed by atoms with Gasteiger partial charge in [0.1, 0.15) is 0 Å². The summed E-state index contributed by atoms with van der Waals surface area (Å²) in [6.45, 7) is 1.95. The molecule has 0 bridgehead atoms. The fraction of sp³-hybridized carbons (Fsp3) is 0.708. The Balaban J connectivity index is 1.28. The molecule has 4 saturated carbocycles. The predicted molar refractivity (Wildman–Crippen MR) is 117 cm³/mol. The standard InChI is InChI=1S/C24H34N2O3S/c1-15-2-6-18(7-3-15)30(28,29)26-25-24-13-12-22-21-8-4-16-14-17(27)5-9-19(16)20(21)10-11-23(22)24/h2-3,6-7,16-17,19-23,26-27H,4-5,8-14H2,1H3/b25-24+. The number of hydrogen-bond acceptors (Lipinski definition) is 4. The van der Waals surface area contributed by atoms with Crippen molar-refractivity contribution in [3.8, 4) is 0 Å². The number of sulfonamides is 1. The second kappa shape index (κ2) is 7.94. The highest BCUT2D eigenvalue weighted by molar-refractivity contribution is 7.89. The number of rotatable bonds is 3. The van der Waals surface area contributed by atoms with E-state index in [2.05, 4.69) is 9.93 Å². The van der Waals surface area contributed by atoms with Gasteiger partial charge in [-0.1, -0.05) is 17.7 Å². The average molecular weight is 431 g/mol. The van der Waals surface area contributed by atoms with Gasteiger partial charge in [-0.25, -0.2) is 4.83 Å². The van der Waals surface area contributed by atoms with Crippen LogP contribution in [0.2, 0.25) is 0 Å². The number of aliphatic hydroxyl groups is 1. The maximum atomic E-state index is 12.6. The van der Waals surface area contributed by atoms with E-state index in [1.54, 1.807) is 12.1 Å². The minimum atomic E-state index is -3.61. The van der Waals surface area contributed by atoms with Crippen LogP contribution in [0.25, 0.3) is 0 Å². The highest BCUT2D eigenvalue weighted by Gasteiger charge is 2.51. The quantitative estimate of drug-likeness (QED) is 0.704. The second-order valence-corrected chi connectivity index (χ2v) is 11.9. The summed E-state index contributed by atoms with van der Waals surface area (Å²) in [6.07, 6.45) is 10.1. The molecule has 4 fully saturated rings. The number of nitrogens with one attached hydrogen (secondary N) is 1. The maximum absolute atomic E-state index is 12.6. The van der Waals surface area contributed by atoms with Gasteiger partial charge in [0.15, 0.2) is 0 Å². The molecule has 0 spiro atoms. The van der Waals surface area contributed by atoms with Crippen molar-refractivity contribution in [3.63, 3.8) is 0 Å². The average Bonchev–Trinajstić information content (AvgIpc) is 3.15. The van der Waals surface area contributed by atoms with Gasteiger partial charge < -0.3 is 5.11 Å². The van der Waals surface area contributed by atoms with Crippen molar-refractivity contribution in [2.45, 2.75) is 75.7 Å². The molecule has 7 atom stereocenters. The molecule has 5 nitrogen and oxygen atoms in total. The summed E-state index contributed by atoms with van der Waals surface area (Å²) in [6, 6.07) is 6.91. The smallest absolute Gasteiger partial charge is 0.276 e. The first-order valence-corrected chi connectivity index (χ1v) is 13.2. The molecule has 1 aromatic rings. The van der Waals surface area contributed by atoms with Gasteiger partial charge >= 0.3 is 0 Å². The second-order valence-electron chi connectivity index (χ2n) is 10.2.